The van der Waals surface area contributed by atoms with E-state index in [4.69, 9.17) is 5.73 Å². The van der Waals surface area contributed by atoms with Gasteiger partial charge in [0.15, 0.2) is 0 Å². The quantitative estimate of drug-likeness (QED) is 0.694. The van der Waals surface area contributed by atoms with Crippen molar-refractivity contribution in [2.24, 2.45) is 5.73 Å². The first-order valence-electron chi connectivity index (χ1n) is 2.69. The maximum Gasteiger partial charge on any atom is 0.0154 e. The van der Waals surface area contributed by atoms with Gasteiger partial charge in [-0.1, -0.05) is 0 Å². The van der Waals surface area contributed by atoms with Gasteiger partial charge in [-0.25, -0.2) is 4.39 Å². The number of nitrogens with two attached hydrogens (primary N) is 1. The molecule has 3 heteroatoms. The molecule has 0 unspecified atom stereocenters. The number of rotatable bonds is 1. The molecule has 0 aliphatic heterocycles. The second kappa shape index (κ2) is 4.94. The third kappa shape index (κ3) is 2.87. The van der Waals surface area contributed by atoms with Gasteiger partial charge in [-0.2, -0.15) is 12.1 Å². The summed E-state index contributed by atoms with van der Waals surface area (Å²) in [6.07, 6.45) is 0. The summed E-state index contributed by atoms with van der Waals surface area (Å²) in [5.41, 5.74) is 5.92. The van der Waals surface area contributed by atoms with Crippen LogP contribution >= 0.6 is 0 Å². The smallest absolute Gasteiger partial charge is 0.0154 e. The van der Waals surface area contributed by atoms with Crippen LogP contribution in [0, 0.1) is 11.9 Å². The Balaban J connectivity index is 0.000000810. The fraction of sp³-hybridized carbons (Fsp3) is 0.143. The molecule has 2 N–H and O–H groups in total. The van der Waals surface area contributed by atoms with Gasteiger partial charge in [-0.15, -0.1) is 17.7 Å². The van der Waals surface area contributed by atoms with E-state index in [1.165, 1.54) is 18.2 Å². The molecule has 0 bridgehead atoms. The van der Waals surface area contributed by atoms with Crippen LogP contribution in [-0.2, 0) is 39.3 Å². The molecule has 0 saturated heterocycles. The minimum atomic E-state index is -0.255. The number of hydrogen-bond donors (Lipinski definition) is 1. The van der Waals surface area contributed by atoms with Gasteiger partial charge < -0.3 is 5.73 Å². The van der Waals surface area contributed by atoms with Gasteiger partial charge in [-0.3, -0.25) is 0 Å². The first-order chi connectivity index (χ1) is 4.33. The minimum absolute atomic E-state index is 0. The molecule has 0 heterocycles. The summed E-state index contributed by atoms with van der Waals surface area (Å²) in [5, 5.41) is 0. The molecule has 0 atom stereocenters. The predicted octanol–water partition coefficient (Wildman–Crippen LogP) is 1.08. The van der Waals surface area contributed by atoms with E-state index in [1.54, 1.807) is 0 Å². The van der Waals surface area contributed by atoms with Crippen LogP contribution in [0.1, 0.15) is 5.56 Å². The van der Waals surface area contributed by atoms with Crippen LogP contribution in [0.4, 0.5) is 4.39 Å². The molecule has 1 rings (SSSR count). The molecule has 1 aromatic carbocycles. The number of benzene rings is 1. The van der Waals surface area contributed by atoms with Crippen LogP contribution in [-0.4, -0.2) is 0 Å². The van der Waals surface area contributed by atoms with Crippen molar-refractivity contribution in [1.29, 1.82) is 0 Å². The minimum Gasteiger partial charge on any atom is -0.328 e. The zero-order valence-corrected chi connectivity index (χ0v) is 8.31. The van der Waals surface area contributed by atoms with Crippen molar-refractivity contribution < 1.29 is 37.1 Å². The van der Waals surface area contributed by atoms with Gasteiger partial charge in [0.1, 0.15) is 0 Å². The monoisotopic (exact) mass is 213 g/mol. The van der Waals surface area contributed by atoms with Crippen LogP contribution in [0.3, 0.4) is 0 Å². The van der Waals surface area contributed by atoms with Crippen LogP contribution in [0.25, 0.3) is 0 Å². The summed E-state index contributed by atoms with van der Waals surface area (Å²) in [7, 11) is 0. The molecule has 0 aliphatic carbocycles. The molecule has 0 saturated carbocycles. The van der Waals surface area contributed by atoms with E-state index in [0.717, 1.165) is 0 Å². The van der Waals surface area contributed by atoms with E-state index in [-0.39, 0.29) is 38.5 Å². The largest absolute Gasteiger partial charge is 0.328 e. The maximum absolute atomic E-state index is 12.3. The summed E-state index contributed by atoms with van der Waals surface area (Å²) in [6.45, 7) is 0.345. The molecular weight excluding hydrogens is 206 g/mol. The maximum atomic E-state index is 12.3. The summed E-state index contributed by atoms with van der Waals surface area (Å²) in [5.74, 6) is -0.255. The number of halogens is 1. The van der Waals surface area contributed by atoms with Gasteiger partial charge in [0, 0.05) is 38.5 Å². The van der Waals surface area contributed by atoms with Crippen LogP contribution in [0.5, 0.6) is 0 Å². The molecule has 1 aromatic rings. The average Bonchev–Trinajstić information content (AvgIpc) is 1.88. The Labute approximate surface area is 84.7 Å². The van der Waals surface area contributed by atoms with Crippen molar-refractivity contribution in [3.05, 3.63) is 35.6 Å². The molecule has 0 amide bonds. The van der Waals surface area contributed by atoms with Crippen molar-refractivity contribution in [2.75, 3.05) is 0 Å². The standard InChI is InChI=1S/C7H7FN.Y/c8-7-3-1-2-6(4-7)5-9;/h1,3-4H,5,9H2;/q-1;. The van der Waals surface area contributed by atoms with Gasteiger partial charge in [-0.05, 0) is 6.54 Å². The van der Waals surface area contributed by atoms with E-state index in [2.05, 4.69) is 6.07 Å². The van der Waals surface area contributed by atoms with Crippen molar-refractivity contribution in [1.82, 2.24) is 0 Å². The van der Waals surface area contributed by atoms with Crippen LogP contribution in [0.15, 0.2) is 18.2 Å². The normalized spacial score (nSPS) is 8.60. The predicted molar refractivity (Wildman–Crippen MR) is 33.1 cm³/mol. The third-order valence-electron chi connectivity index (χ3n) is 1.04. The van der Waals surface area contributed by atoms with Crippen molar-refractivity contribution in [3.8, 4) is 0 Å². The Bertz CT molecular complexity index is 203. The molecule has 1 radical (unpaired) electrons. The van der Waals surface area contributed by atoms with Crippen molar-refractivity contribution >= 4 is 0 Å². The third-order valence-corrected chi connectivity index (χ3v) is 1.04. The molecule has 0 fully saturated rings. The molecule has 0 spiro atoms. The van der Waals surface area contributed by atoms with E-state index in [9.17, 15) is 4.39 Å². The summed E-state index contributed by atoms with van der Waals surface area (Å²) in [6, 6.07) is 7.04. The summed E-state index contributed by atoms with van der Waals surface area (Å²) >= 11 is 0. The molecular formula is C7H7FNY-. The van der Waals surface area contributed by atoms with Gasteiger partial charge in [0.25, 0.3) is 0 Å². The summed E-state index contributed by atoms with van der Waals surface area (Å²) in [4.78, 5) is 0. The molecule has 0 aliphatic rings. The topological polar surface area (TPSA) is 26.0 Å². The molecule has 1 nitrogen and oxygen atoms in total. The van der Waals surface area contributed by atoms with E-state index in [0.29, 0.717) is 12.1 Å². The Kier molecular flexibility index (Phi) is 5.05. The molecule has 0 aromatic heterocycles. The van der Waals surface area contributed by atoms with Gasteiger partial charge in [0.2, 0.25) is 0 Å². The Morgan fingerprint density at radius 2 is 2.30 bits per heavy atom. The van der Waals surface area contributed by atoms with E-state index in [1.807, 2.05) is 0 Å². The molecule has 51 valence electrons. The average molecular weight is 213 g/mol. The second-order valence-corrected chi connectivity index (χ2v) is 1.74. The van der Waals surface area contributed by atoms with Crippen molar-refractivity contribution in [3.63, 3.8) is 0 Å². The number of hydrogen-bond acceptors (Lipinski definition) is 1. The van der Waals surface area contributed by atoms with Gasteiger partial charge >= 0.3 is 0 Å². The fourth-order valence-electron chi connectivity index (χ4n) is 0.602. The van der Waals surface area contributed by atoms with Gasteiger partial charge in [0.05, 0.1) is 0 Å². The Morgan fingerprint density at radius 3 is 2.70 bits per heavy atom. The second-order valence-electron chi connectivity index (χ2n) is 1.74. The Morgan fingerprint density at radius 1 is 1.60 bits per heavy atom. The molecule has 10 heavy (non-hydrogen) atoms. The van der Waals surface area contributed by atoms with Crippen LogP contribution in [0.2, 0.25) is 0 Å². The fourth-order valence-corrected chi connectivity index (χ4v) is 0.602. The first kappa shape index (κ1) is 10.2. The first-order valence-corrected chi connectivity index (χ1v) is 2.69. The van der Waals surface area contributed by atoms with Crippen molar-refractivity contribution in [2.45, 2.75) is 6.54 Å². The Hall–Kier alpha value is 0.214. The van der Waals surface area contributed by atoms with E-state index >= 15 is 0 Å². The van der Waals surface area contributed by atoms with E-state index < -0.39 is 0 Å². The zero-order valence-electron chi connectivity index (χ0n) is 5.47. The summed E-state index contributed by atoms with van der Waals surface area (Å²) < 4.78 is 12.3. The van der Waals surface area contributed by atoms with Crippen LogP contribution < -0.4 is 5.73 Å². The zero-order chi connectivity index (χ0) is 6.69. The SMILES string of the molecule is NCc1[c-]ccc(F)c1.[Y].